The minimum absolute atomic E-state index is 0.0145. The Balaban J connectivity index is 1.38. The van der Waals surface area contributed by atoms with Gasteiger partial charge in [-0.2, -0.15) is 0 Å². The number of aliphatic imine (C=N–C) groups is 2. The molecule has 12 heteroatoms. The van der Waals surface area contributed by atoms with Crippen LogP contribution in [0, 0.1) is 0 Å². The molecular weight excluding hydrogens is 454 g/mol. The largest absolute Gasteiger partial charge is 0.326 e. The molecule has 2 heterocycles. The van der Waals surface area contributed by atoms with Crippen LogP contribution in [-0.2, 0) is 24.8 Å². The van der Waals surface area contributed by atoms with Gasteiger partial charge in [-0.15, -0.1) is 0 Å². The number of hydrogen-bond donors (Lipinski definition) is 3. The van der Waals surface area contributed by atoms with E-state index >= 15 is 0 Å². The van der Waals surface area contributed by atoms with E-state index in [-0.39, 0.29) is 34.5 Å². The number of fused-ring (bicyclic) bond motifs is 1. The molecule has 0 spiro atoms. The molecular formula is C20H21N5O5S2. The van der Waals surface area contributed by atoms with Crippen molar-refractivity contribution in [1.29, 1.82) is 0 Å². The summed E-state index contributed by atoms with van der Waals surface area (Å²) < 4.78 is 54.1. The zero-order valence-electron chi connectivity index (χ0n) is 16.9. The maximum atomic E-state index is 12.5. The summed E-state index contributed by atoms with van der Waals surface area (Å²) in [5.41, 5.74) is 0.788. The lowest BCUT2D eigenvalue weighted by Gasteiger charge is -2.10. The standard InChI is InChI=1S/C20H21N5O5S2/c26-19(10-12-22-20-16-7-1-2-8-17(16)32(29,30)25-20)23-14-5-3-6-15(13-14)31(27,28)24-18-9-4-11-21-18/h1-3,5-8,13H,4,9-12H2,(H,21,24)(H,22,25)(H,23,26). The Morgan fingerprint density at radius 2 is 1.97 bits per heavy atom. The first-order chi connectivity index (χ1) is 15.2. The normalized spacial score (nSPS) is 18.0. The van der Waals surface area contributed by atoms with Crippen LogP contribution in [0.3, 0.4) is 0 Å². The lowest BCUT2D eigenvalue weighted by Crippen LogP contribution is -2.29. The topological polar surface area (TPSA) is 146 Å². The van der Waals surface area contributed by atoms with Gasteiger partial charge in [0.2, 0.25) is 5.91 Å². The van der Waals surface area contributed by atoms with E-state index in [0.29, 0.717) is 30.1 Å². The Labute approximate surface area is 186 Å². The number of hydrogen-bond acceptors (Lipinski definition) is 7. The summed E-state index contributed by atoms with van der Waals surface area (Å²) in [5, 5.41) is 2.64. The van der Waals surface area contributed by atoms with E-state index in [1.54, 1.807) is 24.3 Å². The predicted octanol–water partition coefficient (Wildman–Crippen LogP) is 1.22. The quantitative estimate of drug-likeness (QED) is 0.575. The number of amidine groups is 2. The zero-order valence-corrected chi connectivity index (χ0v) is 18.5. The molecule has 0 saturated carbocycles. The highest BCUT2D eigenvalue weighted by Gasteiger charge is 2.30. The van der Waals surface area contributed by atoms with E-state index in [1.807, 2.05) is 0 Å². The molecule has 4 rings (SSSR count). The van der Waals surface area contributed by atoms with Crippen LogP contribution in [0.2, 0.25) is 0 Å². The minimum atomic E-state index is -3.79. The second-order valence-electron chi connectivity index (χ2n) is 7.20. The smallest absolute Gasteiger partial charge is 0.263 e. The first-order valence-electron chi connectivity index (χ1n) is 9.87. The van der Waals surface area contributed by atoms with Crippen LogP contribution in [0.1, 0.15) is 24.8 Å². The molecule has 0 unspecified atom stereocenters. The number of nitrogens with one attached hydrogen (secondary N) is 3. The van der Waals surface area contributed by atoms with E-state index in [9.17, 15) is 21.6 Å². The van der Waals surface area contributed by atoms with Crippen molar-refractivity contribution in [2.45, 2.75) is 29.1 Å². The molecule has 168 valence electrons. The fourth-order valence-electron chi connectivity index (χ4n) is 3.32. The van der Waals surface area contributed by atoms with Gasteiger partial charge in [-0.05, 0) is 36.8 Å². The van der Waals surface area contributed by atoms with Gasteiger partial charge in [0, 0.05) is 30.6 Å². The maximum absolute atomic E-state index is 12.5. The van der Waals surface area contributed by atoms with E-state index in [0.717, 1.165) is 6.42 Å². The summed E-state index contributed by atoms with van der Waals surface area (Å²) in [6, 6.07) is 12.4. The molecule has 0 bridgehead atoms. The number of rotatable bonds is 6. The summed E-state index contributed by atoms with van der Waals surface area (Å²) in [7, 11) is -7.42. The molecule has 3 N–H and O–H groups in total. The van der Waals surface area contributed by atoms with Crippen LogP contribution < -0.4 is 14.8 Å². The molecule has 0 fully saturated rings. The van der Waals surface area contributed by atoms with E-state index in [1.165, 1.54) is 24.3 Å². The van der Waals surface area contributed by atoms with Crippen LogP contribution in [0.25, 0.3) is 0 Å². The highest BCUT2D eigenvalue weighted by atomic mass is 32.2. The predicted molar refractivity (Wildman–Crippen MR) is 120 cm³/mol. The minimum Gasteiger partial charge on any atom is -0.326 e. The molecule has 1 amide bonds. The van der Waals surface area contributed by atoms with Crippen molar-refractivity contribution in [2.75, 3.05) is 18.4 Å². The lowest BCUT2D eigenvalue weighted by molar-refractivity contribution is -0.116. The highest BCUT2D eigenvalue weighted by Crippen LogP contribution is 2.22. The fraction of sp³-hybridized carbons (Fsp3) is 0.250. The monoisotopic (exact) mass is 475 g/mol. The second-order valence-corrected chi connectivity index (χ2v) is 10.5. The second kappa shape index (κ2) is 8.71. The molecule has 10 nitrogen and oxygen atoms in total. The van der Waals surface area contributed by atoms with Gasteiger partial charge in [0.05, 0.1) is 16.3 Å². The molecule has 2 aromatic carbocycles. The first-order valence-corrected chi connectivity index (χ1v) is 12.8. The van der Waals surface area contributed by atoms with Gasteiger partial charge in [-0.3, -0.25) is 24.2 Å². The average Bonchev–Trinajstić information content (AvgIpc) is 3.34. The number of carbonyl (C=O) groups excluding carboxylic acids is 1. The molecule has 0 aliphatic carbocycles. The van der Waals surface area contributed by atoms with Gasteiger partial charge >= 0.3 is 0 Å². The fourth-order valence-corrected chi connectivity index (χ4v) is 5.71. The van der Waals surface area contributed by atoms with E-state index in [2.05, 4.69) is 24.7 Å². The van der Waals surface area contributed by atoms with Crippen molar-refractivity contribution in [3.63, 3.8) is 0 Å². The van der Waals surface area contributed by atoms with Crippen LogP contribution in [-0.4, -0.2) is 47.5 Å². The van der Waals surface area contributed by atoms with Crippen molar-refractivity contribution in [1.82, 2.24) is 9.44 Å². The first kappa shape index (κ1) is 22.0. The van der Waals surface area contributed by atoms with Gasteiger partial charge in [-0.1, -0.05) is 18.2 Å². The van der Waals surface area contributed by atoms with Gasteiger partial charge in [0.1, 0.15) is 11.7 Å². The molecule has 2 aromatic rings. The zero-order chi connectivity index (χ0) is 22.8. The summed E-state index contributed by atoms with van der Waals surface area (Å²) >= 11 is 0. The summed E-state index contributed by atoms with van der Waals surface area (Å²) in [6.45, 7) is 0.655. The Bertz CT molecular complexity index is 1330. The maximum Gasteiger partial charge on any atom is 0.263 e. The van der Waals surface area contributed by atoms with Crippen molar-refractivity contribution in [3.8, 4) is 0 Å². The van der Waals surface area contributed by atoms with Crippen LogP contribution in [0.15, 0.2) is 68.3 Å². The van der Waals surface area contributed by atoms with Crippen molar-refractivity contribution in [3.05, 3.63) is 54.1 Å². The van der Waals surface area contributed by atoms with Gasteiger partial charge in [0.25, 0.3) is 20.0 Å². The SMILES string of the molecule is O=C(CCN=C1NS(=O)(=O)c2ccccc21)Nc1cccc(S(=O)(=O)NC2=NCCC2)c1. The molecule has 0 atom stereocenters. The summed E-state index contributed by atoms with van der Waals surface area (Å²) in [4.78, 5) is 20.8. The van der Waals surface area contributed by atoms with Crippen LogP contribution in [0.4, 0.5) is 5.69 Å². The van der Waals surface area contributed by atoms with Gasteiger partial charge < -0.3 is 5.32 Å². The molecule has 32 heavy (non-hydrogen) atoms. The van der Waals surface area contributed by atoms with E-state index < -0.39 is 20.0 Å². The third-order valence-electron chi connectivity index (χ3n) is 4.83. The number of sulfonamides is 2. The van der Waals surface area contributed by atoms with Crippen LogP contribution in [0.5, 0.6) is 0 Å². The Morgan fingerprint density at radius 1 is 1.16 bits per heavy atom. The third-order valence-corrected chi connectivity index (χ3v) is 7.60. The van der Waals surface area contributed by atoms with Crippen molar-refractivity contribution in [2.24, 2.45) is 9.98 Å². The van der Waals surface area contributed by atoms with Gasteiger partial charge in [-0.25, -0.2) is 16.8 Å². The molecule has 0 saturated heterocycles. The molecule has 2 aliphatic rings. The third kappa shape index (κ3) is 4.81. The summed E-state index contributed by atoms with van der Waals surface area (Å²) in [6.07, 6.45) is 1.38. The van der Waals surface area contributed by atoms with E-state index in [4.69, 9.17) is 0 Å². The number of carbonyl (C=O) groups is 1. The van der Waals surface area contributed by atoms with Crippen molar-refractivity contribution < 1.29 is 21.6 Å². The number of nitrogens with zero attached hydrogens (tertiary/aromatic N) is 2. The Morgan fingerprint density at radius 3 is 2.75 bits per heavy atom. The molecule has 0 aromatic heterocycles. The van der Waals surface area contributed by atoms with Gasteiger partial charge in [0.15, 0.2) is 0 Å². The van der Waals surface area contributed by atoms with Crippen molar-refractivity contribution >= 4 is 43.3 Å². The number of anilines is 1. The summed E-state index contributed by atoms with van der Waals surface area (Å²) in [5.74, 6) is 0.246. The number of benzene rings is 2. The van der Waals surface area contributed by atoms with Crippen LogP contribution >= 0.6 is 0 Å². The Hall–Kier alpha value is -3.25. The lowest BCUT2D eigenvalue weighted by atomic mass is 10.2. The molecule has 0 radical (unpaired) electrons. The number of amides is 1. The highest BCUT2D eigenvalue weighted by molar-refractivity contribution is 7.90. The average molecular weight is 476 g/mol. The Kier molecular flexibility index (Phi) is 5.98. The molecule has 2 aliphatic heterocycles.